The van der Waals surface area contributed by atoms with Crippen LogP contribution < -0.4 is 19.6 Å². The molecule has 0 heterocycles. The van der Waals surface area contributed by atoms with Gasteiger partial charge in [0, 0.05) is 0 Å². The van der Waals surface area contributed by atoms with Crippen molar-refractivity contribution in [3.05, 3.63) is 64.7 Å². The van der Waals surface area contributed by atoms with E-state index in [-0.39, 0.29) is 24.0 Å². The molecule has 0 spiro atoms. The van der Waals surface area contributed by atoms with Crippen LogP contribution >= 0.6 is 11.6 Å². The van der Waals surface area contributed by atoms with E-state index in [2.05, 4.69) is 10.5 Å². The fourth-order valence-electron chi connectivity index (χ4n) is 3.19. The molecule has 0 saturated carbocycles. The number of carbonyl (C=O) groups is 2. The van der Waals surface area contributed by atoms with E-state index in [1.807, 2.05) is 24.3 Å². The number of amides is 1. The molecular formula is C25H25ClN2O6. The Kier molecular flexibility index (Phi) is 8.70. The Labute approximate surface area is 202 Å². The maximum absolute atomic E-state index is 12.7. The molecule has 0 bridgehead atoms. The molecule has 0 radical (unpaired) electrons. The van der Waals surface area contributed by atoms with Crippen LogP contribution in [0.5, 0.6) is 17.2 Å². The zero-order chi connectivity index (χ0) is 24.5. The van der Waals surface area contributed by atoms with Gasteiger partial charge in [-0.15, -0.1) is 0 Å². The summed E-state index contributed by atoms with van der Waals surface area (Å²) >= 11 is 6.34. The molecule has 0 unspecified atom stereocenters. The summed E-state index contributed by atoms with van der Waals surface area (Å²) in [6, 6.07) is 14.4. The second-order valence-electron chi connectivity index (χ2n) is 6.96. The Morgan fingerprint density at radius 2 is 1.74 bits per heavy atom. The highest BCUT2D eigenvalue weighted by Gasteiger charge is 2.15. The lowest BCUT2D eigenvalue weighted by atomic mass is 10.1. The van der Waals surface area contributed by atoms with Gasteiger partial charge in [0.2, 0.25) is 0 Å². The second-order valence-corrected chi connectivity index (χ2v) is 7.36. The average molecular weight is 485 g/mol. The lowest BCUT2D eigenvalue weighted by Gasteiger charge is -2.14. The Balaban J connectivity index is 1.76. The number of carbonyl (C=O) groups excluding carboxylic acids is 2. The number of hydrogen-bond acceptors (Lipinski definition) is 7. The first-order valence-electron chi connectivity index (χ1n) is 10.6. The third-order valence-electron chi connectivity index (χ3n) is 4.66. The van der Waals surface area contributed by atoms with Crippen LogP contribution in [0.3, 0.4) is 0 Å². The van der Waals surface area contributed by atoms with Gasteiger partial charge in [-0.25, -0.2) is 10.2 Å². The fraction of sp³-hybridized carbons (Fsp3) is 0.240. The molecule has 3 rings (SSSR count). The zero-order valence-corrected chi connectivity index (χ0v) is 19.8. The molecule has 0 atom stereocenters. The zero-order valence-electron chi connectivity index (χ0n) is 19.1. The maximum Gasteiger partial charge on any atom is 0.344 e. The number of hydrogen-bond donors (Lipinski definition) is 1. The number of halogens is 1. The predicted molar refractivity (Wildman–Crippen MR) is 130 cm³/mol. The fourth-order valence-corrected chi connectivity index (χ4v) is 3.46. The summed E-state index contributed by atoms with van der Waals surface area (Å²) in [5, 5.41) is 6.12. The smallest absolute Gasteiger partial charge is 0.344 e. The molecule has 0 aliphatic carbocycles. The Morgan fingerprint density at radius 1 is 1.00 bits per heavy atom. The Morgan fingerprint density at radius 3 is 2.41 bits per heavy atom. The minimum atomic E-state index is -0.515. The first-order valence-corrected chi connectivity index (χ1v) is 11.0. The van der Waals surface area contributed by atoms with Gasteiger partial charge in [0.05, 0.1) is 37.1 Å². The summed E-state index contributed by atoms with van der Waals surface area (Å²) in [4.78, 5) is 24.3. The summed E-state index contributed by atoms with van der Waals surface area (Å²) in [6.45, 7) is 3.82. The number of benzene rings is 3. The van der Waals surface area contributed by atoms with Crippen LogP contribution in [0.2, 0.25) is 5.02 Å². The van der Waals surface area contributed by atoms with E-state index in [4.69, 9.17) is 30.5 Å². The van der Waals surface area contributed by atoms with E-state index in [1.54, 1.807) is 38.1 Å². The largest absolute Gasteiger partial charge is 0.496 e. The quantitative estimate of drug-likeness (QED) is 0.256. The van der Waals surface area contributed by atoms with Gasteiger partial charge in [-0.3, -0.25) is 4.79 Å². The van der Waals surface area contributed by atoms with Gasteiger partial charge in [0.1, 0.15) is 5.75 Å². The third kappa shape index (κ3) is 6.17. The highest BCUT2D eigenvalue weighted by molar-refractivity contribution is 6.32. The van der Waals surface area contributed by atoms with Gasteiger partial charge >= 0.3 is 5.97 Å². The van der Waals surface area contributed by atoms with Crippen LogP contribution in [0.1, 0.15) is 29.8 Å². The molecule has 0 aliphatic heterocycles. The molecule has 0 saturated heterocycles. The standard InChI is InChI=1S/C25H25ClN2O6/c1-4-32-22-11-16(10-20(26)24(22)34-15-23(29)33-5-2)14-27-28-25(30)19-12-17-8-6-7-9-18(17)13-21(19)31-3/h6-14H,4-5,15H2,1-3H3,(H,28,30). The number of fused-ring (bicyclic) bond motifs is 1. The van der Waals surface area contributed by atoms with Crippen molar-refractivity contribution < 1.29 is 28.5 Å². The van der Waals surface area contributed by atoms with Gasteiger partial charge in [0.25, 0.3) is 5.91 Å². The van der Waals surface area contributed by atoms with Crippen LogP contribution in [-0.2, 0) is 9.53 Å². The molecule has 9 heteroatoms. The summed E-state index contributed by atoms with van der Waals surface area (Å²) in [7, 11) is 1.51. The number of rotatable bonds is 10. The summed E-state index contributed by atoms with van der Waals surface area (Å²) in [6.07, 6.45) is 1.43. The van der Waals surface area contributed by atoms with Crippen molar-refractivity contribution in [1.82, 2.24) is 5.43 Å². The van der Waals surface area contributed by atoms with Crippen molar-refractivity contribution in [2.75, 3.05) is 26.9 Å². The molecule has 3 aromatic carbocycles. The van der Waals surface area contributed by atoms with Crippen molar-refractivity contribution in [1.29, 1.82) is 0 Å². The van der Waals surface area contributed by atoms with Gasteiger partial charge in [-0.1, -0.05) is 35.9 Å². The average Bonchev–Trinajstić information content (AvgIpc) is 2.83. The maximum atomic E-state index is 12.7. The van der Waals surface area contributed by atoms with Crippen molar-refractivity contribution in [2.45, 2.75) is 13.8 Å². The van der Waals surface area contributed by atoms with E-state index < -0.39 is 11.9 Å². The Hall–Kier alpha value is -3.78. The van der Waals surface area contributed by atoms with E-state index in [1.165, 1.54) is 13.3 Å². The van der Waals surface area contributed by atoms with Crippen LogP contribution in [0.4, 0.5) is 0 Å². The minimum absolute atomic E-state index is 0.221. The molecule has 34 heavy (non-hydrogen) atoms. The molecule has 178 valence electrons. The van der Waals surface area contributed by atoms with Crippen molar-refractivity contribution in [2.24, 2.45) is 5.10 Å². The van der Waals surface area contributed by atoms with Gasteiger partial charge < -0.3 is 18.9 Å². The number of nitrogens with zero attached hydrogens (tertiary/aromatic N) is 1. The van der Waals surface area contributed by atoms with E-state index in [0.29, 0.717) is 29.2 Å². The summed E-state index contributed by atoms with van der Waals surface area (Å²) < 4.78 is 21.3. The van der Waals surface area contributed by atoms with E-state index in [9.17, 15) is 9.59 Å². The summed E-state index contributed by atoms with van der Waals surface area (Å²) in [5.74, 6) is 0.0564. The number of ether oxygens (including phenoxy) is 4. The summed E-state index contributed by atoms with van der Waals surface area (Å²) in [5.41, 5.74) is 3.41. The molecule has 0 fully saturated rings. The molecular weight excluding hydrogens is 460 g/mol. The third-order valence-corrected chi connectivity index (χ3v) is 4.94. The Bertz CT molecular complexity index is 1210. The molecule has 1 amide bonds. The minimum Gasteiger partial charge on any atom is -0.496 e. The second kappa shape index (κ2) is 11.9. The lowest BCUT2D eigenvalue weighted by Crippen LogP contribution is -2.18. The first-order chi connectivity index (χ1) is 16.5. The number of esters is 1. The predicted octanol–water partition coefficient (Wildman–Crippen LogP) is 4.61. The topological polar surface area (TPSA) is 95.5 Å². The van der Waals surface area contributed by atoms with Crippen molar-refractivity contribution in [3.63, 3.8) is 0 Å². The van der Waals surface area contributed by atoms with Gasteiger partial charge in [0.15, 0.2) is 18.1 Å². The number of nitrogens with one attached hydrogen (secondary N) is 1. The molecule has 1 N–H and O–H groups in total. The normalized spacial score (nSPS) is 10.8. The van der Waals surface area contributed by atoms with Crippen LogP contribution in [-0.4, -0.2) is 45.0 Å². The first kappa shape index (κ1) is 24.9. The van der Waals surface area contributed by atoms with Crippen LogP contribution in [0.25, 0.3) is 10.8 Å². The monoisotopic (exact) mass is 484 g/mol. The molecule has 0 aromatic heterocycles. The van der Waals surface area contributed by atoms with Crippen LogP contribution in [0.15, 0.2) is 53.6 Å². The van der Waals surface area contributed by atoms with Gasteiger partial charge in [-0.2, -0.15) is 5.10 Å². The number of hydrazone groups is 1. The number of methoxy groups -OCH3 is 1. The van der Waals surface area contributed by atoms with Crippen molar-refractivity contribution >= 4 is 40.5 Å². The molecule has 8 nitrogen and oxygen atoms in total. The SMILES string of the molecule is CCOC(=O)COc1c(Cl)cc(C=NNC(=O)c2cc3ccccc3cc2OC)cc1OCC. The lowest BCUT2D eigenvalue weighted by molar-refractivity contribution is -0.145. The van der Waals surface area contributed by atoms with Crippen molar-refractivity contribution in [3.8, 4) is 17.2 Å². The highest BCUT2D eigenvalue weighted by Crippen LogP contribution is 2.36. The molecule has 0 aliphatic rings. The molecule has 3 aromatic rings. The van der Waals surface area contributed by atoms with E-state index >= 15 is 0 Å². The highest BCUT2D eigenvalue weighted by atomic mass is 35.5. The van der Waals surface area contributed by atoms with E-state index in [0.717, 1.165) is 10.8 Å². The van der Waals surface area contributed by atoms with Gasteiger partial charge in [-0.05, 0) is 54.4 Å². The van der Waals surface area contributed by atoms with Crippen LogP contribution in [0, 0.1) is 0 Å².